The van der Waals surface area contributed by atoms with E-state index in [2.05, 4.69) is 56.6 Å². The second-order valence-electron chi connectivity index (χ2n) is 8.42. The van der Waals surface area contributed by atoms with Gasteiger partial charge in [0.15, 0.2) is 11.5 Å². The van der Waals surface area contributed by atoms with Crippen LogP contribution in [0.3, 0.4) is 0 Å². The third-order valence-electron chi connectivity index (χ3n) is 5.67. The van der Waals surface area contributed by atoms with E-state index in [0.29, 0.717) is 17.0 Å². The van der Waals surface area contributed by atoms with Gasteiger partial charge in [0.1, 0.15) is 0 Å². The summed E-state index contributed by atoms with van der Waals surface area (Å²) in [6.07, 6.45) is 0. The van der Waals surface area contributed by atoms with Crippen LogP contribution >= 0.6 is 22.9 Å². The monoisotopic (exact) mass is 440 g/mol. The van der Waals surface area contributed by atoms with Crippen LogP contribution < -0.4 is 4.90 Å². The summed E-state index contributed by atoms with van der Waals surface area (Å²) in [6.45, 7) is 10.8. The first-order valence-corrected chi connectivity index (χ1v) is 11.6. The van der Waals surface area contributed by atoms with Gasteiger partial charge in [0, 0.05) is 42.6 Å². The Labute approximate surface area is 185 Å². The van der Waals surface area contributed by atoms with Crippen LogP contribution in [0, 0.1) is 5.92 Å². The molecule has 0 N–H and O–H groups in total. The molecule has 1 fully saturated rings. The highest BCUT2D eigenvalue weighted by atomic mass is 35.5. The van der Waals surface area contributed by atoms with Crippen LogP contribution in [0.5, 0.6) is 0 Å². The van der Waals surface area contributed by atoms with E-state index in [1.165, 1.54) is 0 Å². The average molecular weight is 441 g/mol. The van der Waals surface area contributed by atoms with Gasteiger partial charge in [0.05, 0.1) is 10.4 Å². The van der Waals surface area contributed by atoms with Crippen LogP contribution in [-0.2, 0) is 0 Å². The fraction of sp³-hybridized carbons (Fsp3) is 0.409. The molecule has 1 saturated heterocycles. The summed E-state index contributed by atoms with van der Waals surface area (Å²) in [5.41, 5.74) is 1.68. The first kappa shape index (κ1) is 19.7. The Hall–Kier alpha value is -2.22. The van der Waals surface area contributed by atoms with E-state index >= 15 is 0 Å². The Bertz CT molecular complexity index is 1190. The quantitative estimate of drug-likeness (QED) is 0.455. The highest BCUT2D eigenvalue weighted by Crippen LogP contribution is 2.32. The molecule has 0 bridgehead atoms. The van der Waals surface area contributed by atoms with Crippen molar-refractivity contribution in [2.45, 2.75) is 26.8 Å². The second kappa shape index (κ2) is 7.80. The second-order valence-corrected chi connectivity index (χ2v) is 9.80. The van der Waals surface area contributed by atoms with E-state index in [-0.39, 0.29) is 0 Å². The number of anilines is 1. The Kier molecular flexibility index (Phi) is 5.13. The summed E-state index contributed by atoms with van der Waals surface area (Å²) in [7, 11) is 0. The van der Waals surface area contributed by atoms with Crippen LogP contribution in [0.4, 0.5) is 5.95 Å². The molecule has 4 aromatic rings. The molecule has 1 aromatic carbocycles. The van der Waals surface area contributed by atoms with Gasteiger partial charge in [0.2, 0.25) is 5.95 Å². The average Bonchev–Trinajstić information content (AvgIpc) is 3.38. The number of thiophene rings is 1. The Balaban J connectivity index is 1.65. The molecule has 0 amide bonds. The lowest BCUT2D eigenvalue weighted by Crippen LogP contribution is -2.53. The summed E-state index contributed by atoms with van der Waals surface area (Å²) in [5, 5.41) is 12.8. The molecule has 6 nitrogen and oxygen atoms in total. The number of hydrogen-bond donors (Lipinski definition) is 0. The molecule has 8 heteroatoms. The fourth-order valence-electron chi connectivity index (χ4n) is 4.29. The normalized spacial score (nSPS) is 18.2. The molecule has 5 rings (SSSR count). The van der Waals surface area contributed by atoms with E-state index in [9.17, 15) is 0 Å². The number of hydrogen-bond acceptors (Lipinski definition) is 6. The molecular formula is C22H25ClN6S. The van der Waals surface area contributed by atoms with E-state index in [1.54, 1.807) is 11.3 Å². The van der Waals surface area contributed by atoms with Crippen molar-refractivity contribution in [1.82, 2.24) is 24.5 Å². The van der Waals surface area contributed by atoms with Gasteiger partial charge in [-0.15, -0.1) is 21.5 Å². The summed E-state index contributed by atoms with van der Waals surface area (Å²) >= 11 is 7.95. The minimum atomic E-state index is 0.453. The highest BCUT2D eigenvalue weighted by molar-refractivity contribution is 7.13. The van der Waals surface area contributed by atoms with Crippen molar-refractivity contribution in [3.63, 3.8) is 0 Å². The third kappa shape index (κ3) is 3.45. The SMILES string of the molecule is CC(C)CN1CCN(c2nc3cc(Cl)ccc3c3nnc(-c4cccs4)n23)C[C@H]1C. The number of fused-ring (bicyclic) bond motifs is 3. The fourth-order valence-corrected chi connectivity index (χ4v) is 5.15. The number of halogens is 1. The van der Waals surface area contributed by atoms with Crippen molar-refractivity contribution in [3.05, 3.63) is 40.7 Å². The molecule has 1 aliphatic rings. The Morgan fingerprint density at radius 2 is 2.07 bits per heavy atom. The number of aromatic nitrogens is 4. The van der Waals surface area contributed by atoms with Crippen LogP contribution in [0.15, 0.2) is 35.7 Å². The van der Waals surface area contributed by atoms with Gasteiger partial charge >= 0.3 is 0 Å². The maximum Gasteiger partial charge on any atom is 0.213 e. The molecule has 156 valence electrons. The van der Waals surface area contributed by atoms with Crippen LogP contribution in [0.25, 0.3) is 27.3 Å². The molecule has 30 heavy (non-hydrogen) atoms. The summed E-state index contributed by atoms with van der Waals surface area (Å²) in [5.74, 6) is 2.40. The predicted octanol–water partition coefficient (Wildman–Crippen LogP) is 4.83. The van der Waals surface area contributed by atoms with E-state index < -0.39 is 0 Å². The third-order valence-corrected chi connectivity index (χ3v) is 6.77. The van der Waals surface area contributed by atoms with Crippen LogP contribution in [-0.4, -0.2) is 56.7 Å². The zero-order chi connectivity index (χ0) is 20.8. The minimum absolute atomic E-state index is 0.453. The van der Waals surface area contributed by atoms with Crippen molar-refractivity contribution in [1.29, 1.82) is 0 Å². The van der Waals surface area contributed by atoms with E-state index in [1.807, 2.05) is 24.3 Å². The lowest BCUT2D eigenvalue weighted by atomic mass is 10.1. The Morgan fingerprint density at radius 3 is 2.80 bits per heavy atom. The number of rotatable bonds is 4. The predicted molar refractivity (Wildman–Crippen MR) is 125 cm³/mol. The molecular weight excluding hydrogens is 416 g/mol. The smallest absolute Gasteiger partial charge is 0.213 e. The van der Waals surface area contributed by atoms with Gasteiger partial charge in [-0.1, -0.05) is 31.5 Å². The lowest BCUT2D eigenvalue weighted by Gasteiger charge is -2.41. The number of nitrogens with zero attached hydrogens (tertiary/aromatic N) is 6. The van der Waals surface area contributed by atoms with Crippen LogP contribution in [0.1, 0.15) is 20.8 Å². The topological polar surface area (TPSA) is 49.6 Å². The molecule has 3 aromatic heterocycles. The molecule has 1 aliphatic heterocycles. The summed E-state index contributed by atoms with van der Waals surface area (Å²) in [4.78, 5) is 11.1. The van der Waals surface area contributed by atoms with Crippen molar-refractivity contribution < 1.29 is 0 Å². The molecule has 0 saturated carbocycles. The molecule has 4 heterocycles. The summed E-state index contributed by atoms with van der Waals surface area (Å²) in [6, 6.07) is 10.4. The number of benzene rings is 1. The molecule has 0 spiro atoms. The lowest BCUT2D eigenvalue weighted by molar-refractivity contribution is 0.168. The first-order valence-electron chi connectivity index (χ1n) is 10.4. The van der Waals surface area contributed by atoms with Gasteiger partial charge in [-0.05, 0) is 42.5 Å². The standard InChI is InChI=1S/C22H25ClN6S/c1-14(2)12-27-8-9-28(13-15(27)3)22-24-18-11-16(23)6-7-17(18)20-25-26-21(29(20)22)19-5-4-10-30-19/h4-7,10-11,14-15H,8-9,12-13H2,1-3H3/t15-/m1/s1. The largest absolute Gasteiger partial charge is 0.339 e. The maximum absolute atomic E-state index is 6.28. The zero-order valence-electron chi connectivity index (χ0n) is 17.4. The van der Waals surface area contributed by atoms with E-state index in [4.69, 9.17) is 16.6 Å². The molecule has 0 aliphatic carbocycles. The van der Waals surface area contributed by atoms with Gasteiger partial charge in [-0.2, -0.15) is 0 Å². The van der Waals surface area contributed by atoms with Crippen molar-refractivity contribution >= 4 is 45.4 Å². The van der Waals surface area contributed by atoms with Crippen LogP contribution in [0.2, 0.25) is 5.02 Å². The van der Waals surface area contributed by atoms with Gasteiger partial charge in [-0.25, -0.2) is 9.38 Å². The van der Waals surface area contributed by atoms with Gasteiger partial charge in [-0.3, -0.25) is 4.90 Å². The van der Waals surface area contributed by atoms with Gasteiger partial charge < -0.3 is 4.90 Å². The van der Waals surface area contributed by atoms with Crippen molar-refractivity contribution in [2.24, 2.45) is 5.92 Å². The minimum Gasteiger partial charge on any atom is -0.339 e. The van der Waals surface area contributed by atoms with Crippen molar-refractivity contribution in [3.8, 4) is 10.7 Å². The van der Waals surface area contributed by atoms with Crippen molar-refractivity contribution in [2.75, 3.05) is 31.1 Å². The van der Waals surface area contributed by atoms with Gasteiger partial charge in [0.25, 0.3) is 0 Å². The highest BCUT2D eigenvalue weighted by Gasteiger charge is 2.28. The zero-order valence-corrected chi connectivity index (χ0v) is 19.0. The molecule has 0 radical (unpaired) electrons. The van der Waals surface area contributed by atoms with E-state index in [0.717, 1.165) is 59.4 Å². The maximum atomic E-state index is 6.28. The number of piperazine rings is 1. The molecule has 0 unspecified atom stereocenters. The summed E-state index contributed by atoms with van der Waals surface area (Å²) < 4.78 is 2.12. The Morgan fingerprint density at radius 1 is 1.20 bits per heavy atom. The first-order chi connectivity index (χ1) is 14.5. The molecule has 1 atom stereocenters.